The molecule has 6 aromatic rings. The molecule has 274 valence electrons. The summed E-state index contributed by atoms with van der Waals surface area (Å²) >= 11 is 4.02. The summed E-state index contributed by atoms with van der Waals surface area (Å²) in [5, 5.41) is 8.90. The number of rotatable bonds is 6. The molecule has 0 saturated carbocycles. The second-order valence-corrected chi connectivity index (χ2v) is 16.6. The Hall–Kier alpha value is -5.09. The van der Waals surface area contributed by atoms with Crippen molar-refractivity contribution in [3.63, 3.8) is 0 Å². The third-order valence-corrected chi connectivity index (χ3v) is 13.3. The van der Waals surface area contributed by atoms with Crippen molar-refractivity contribution in [3.8, 4) is 9.75 Å². The van der Waals surface area contributed by atoms with E-state index in [1.165, 1.54) is 45.8 Å². The molecule has 2 aromatic carbocycles. The van der Waals surface area contributed by atoms with E-state index in [9.17, 15) is 23.2 Å². The third kappa shape index (κ3) is 6.14. The molecule has 3 aliphatic rings. The van der Waals surface area contributed by atoms with Crippen LogP contribution in [-0.4, -0.2) is 55.6 Å². The molecule has 9 rings (SSSR count). The second kappa shape index (κ2) is 13.6. The first kappa shape index (κ1) is 34.7. The first-order chi connectivity index (χ1) is 26.2. The van der Waals surface area contributed by atoms with Crippen LogP contribution in [0.3, 0.4) is 0 Å². The number of nitrogens with zero attached hydrogens (tertiary/aromatic N) is 3. The van der Waals surface area contributed by atoms with Gasteiger partial charge < -0.3 is 25.2 Å². The molecule has 9 nitrogen and oxygen atoms in total. The number of nitrogens with one attached hydrogen (secondary N) is 2. The van der Waals surface area contributed by atoms with Gasteiger partial charge in [-0.15, -0.1) is 34.0 Å². The van der Waals surface area contributed by atoms with Gasteiger partial charge in [-0.3, -0.25) is 14.4 Å². The van der Waals surface area contributed by atoms with Crippen molar-refractivity contribution in [1.82, 2.24) is 4.98 Å². The number of pyridine rings is 1. The Morgan fingerprint density at radius 3 is 2.37 bits per heavy atom. The molecule has 2 fully saturated rings. The molecule has 3 aliphatic heterocycles. The number of ether oxygens (including phenoxy) is 1. The molecule has 7 heterocycles. The molecule has 2 N–H and O–H groups in total. The van der Waals surface area contributed by atoms with Crippen LogP contribution in [0.5, 0.6) is 0 Å². The van der Waals surface area contributed by atoms with E-state index in [2.05, 4.69) is 15.5 Å². The van der Waals surface area contributed by atoms with Crippen molar-refractivity contribution >= 4 is 84.8 Å². The summed E-state index contributed by atoms with van der Waals surface area (Å²) in [7, 11) is 0. The van der Waals surface area contributed by atoms with Gasteiger partial charge in [-0.2, -0.15) is 0 Å². The largest absolute Gasteiger partial charge is 0.381 e. The molecule has 1 spiro atoms. The quantitative estimate of drug-likeness (QED) is 0.175. The van der Waals surface area contributed by atoms with Crippen LogP contribution in [0, 0.1) is 22.9 Å². The van der Waals surface area contributed by atoms with Gasteiger partial charge >= 0.3 is 0 Å². The van der Waals surface area contributed by atoms with Gasteiger partial charge in [-0.1, -0.05) is 6.07 Å². The average molecular weight is 786 g/mol. The highest BCUT2D eigenvalue weighted by Gasteiger charge is 2.45. The number of fused-ring (bicyclic) bond motifs is 4. The maximum atomic E-state index is 15.8. The number of aromatic nitrogens is 1. The molecule has 2 saturated heterocycles. The molecule has 4 aromatic heterocycles. The molecule has 0 aliphatic carbocycles. The van der Waals surface area contributed by atoms with Crippen molar-refractivity contribution < 1.29 is 32.3 Å². The van der Waals surface area contributed by atoms with E-state index in [0.717, 1.165) is 94.2 Å². The van der Waals surface area contributed by atoms with E-state index in [-0.39, 0.29) is 28.1 Å². The zero-order valence-corrected chi connectivity index (χ0v) is 30.9. The van der Waals surface area contributed by atoms with Crippen molar-refractivity contribution in [2.45, 2.75) is 19.3 Å². The summed E-state index contributed by atoms with van der Waals surface area (Å²) in [5.41, 5.74) is 2.24. The van der Waals surface area contributed by atoms with E-state index < -0.39 is 40.9 Å². The maximum Gasteiger partial charge on any atom is 0.265 e. The van der Waals surface area contributed by atoms with Gasteiger partial charge in [0.25, 0.3) is 17.7 Å². The Balaban J connectivity index is 0.927. The van der Waals surface area contributed by atoms with Gasteiger partial charge in [-0.05, 0) is 90.2 Å². The molecule has 0 unspecified atom stereocenters. The number of hydrogen-bond acceptors (Lipinski definition) is 9. The summed E-state index contributed by atoms with van der Waals surface area (Å²) in [4.78, 5) is 51.0. The minimum absolute atomic E-state index is 0.160. The standard InChI is InChI=1S/C39H30F3N5O4S3/c40-25-2-1-3-26(41)32(25)45-37(49)31-16-21-6-11-47(29-8-15-53-34(29)33(21)54-31)38(50)23-5-4-22(17-27(23)42)43-36(48)24-18-30-28(7-14-52-30)44-35(24)46-19-39(20-46)9-12-51-13-10-39/h1-5,7-8,14-18H,6,9-13,19-20H2,(H,43,48)(H,45,49). The summed E-state index contributed by atoms with van der Waals surface area (Å²) in [6, 6.07) is 14.6. The number of benzene rings is 2. The van der Waals surface area contributed by atoms with Gasteiger partial charge in [0.2, 0.25) is 0 Å². The monoisotopic (exact) mass is 785 g/mol. The molecule has 0 radical (unpaired) electrons. The fourth-order valence-electron chi connectivity index (χ4n) is 7.40. The Morgan fingerprint density at radius 1 is 0.815 bits per heavy atom. The molecule has 0 atom stereocenters. The zero-order valence-electron chi connectivity index (χ0n) is 28.4. The molecule has 54 heavy (non-hydrogen) atoms. The van der Waals surface area contributed by atoms with Gasteiger partial charge in [0, 0.05) is 44.0 Å². The zero-order chi connectivity index (χ0) is 37.1. The number of halogens is 3. The Morgan fingerprint density at radius 2 is 1.59 bits per heavy atom. The van der Waals surface area contributed by atoms with Crippen LogP contribution in [0.2, 0.25) is 0 Å². The summed E-state index contributed by atoms with van der Waals surface area (Å²) in [6.45, 7) is 3.23. The first-order valence-corrected chi connectivity index (χ1v) is 19.8. The normalized spacial score (nSPS) is 16.1. The van der Waals surface area contributed by atoms with E-state index in [0.29, 0.717) is 23.5 Å². The van der Waals surface area contributed by atoms with E-state index in [1.807, 2.05) is 22.9 Å². The Bertz CT molecular complexity index is 2460. The number of hydrogen-bond donors (Lipinski definition) is 2. The van der Waals surface area contributed by atoms with Gasteiger partial charge in [0.1, 0.15) is 29.0 Å². The number of thiophene rings is 3. The van der Waals surface area contributed by atoms with Crippen LogP contribution in [0.4, 0.5) is 36.1 Å². The fraction of sp³-hybridized carbons (Fsp3) is 0.231. The lowest BCUT2D eigenvalue weighted by Crippen LogP contribution is -2.59. The van der Waals surface area contributed by atoms with E-state index in [4.69, 9.17) is 9.72 Å². The van der Waals surface area contributed by atoms with Crippen molar-refractivity contribution in [3.05, 3.63) is 110 Å². The molecule has 0 bridgehead atoms. The van der Waals surface area contributed by atoms with Gasteiger partial charge in [0.15, 0.2) is 0 Å². The number of carbonyl (C=O) groups excluding carboxylic acids is 3. The SMILES string of the molecule is O=C(Nc1c(F)cccc1F)c1cc2c(s1)-c1sccc1N(C(=O)c1ccc(NC(=O)c3cc4sccc4nc3N3CC4(CCOCC4)C3)cc1F)CC2. The van der Waals surface area contributed by atoms with Gasteiger partial charge in [-0.25, -0.2) is 18.2 Å². The highest BCUT2D eigenvalue weighted by molar-refractivity contribution is 7.23. The van der Waals surface area contributed by atoms with Crippen molar-refractivity contribution in [2.75, 3.05) is 53.3 Å². The predicted octanol–water partition coefficient (Wildman–Crippen LogP) is 8.83. The van der Waals surface area contributed by atoms with Gasteiger partial charge in [0.05, 0.1) is 41.7 Å². The van der Waals surface area contributed by atoms with Crippen LogP contribution < -0.4 is 20.4 Å². The van der Waals surface area contributed by atoms with E-state index >= 15 is 4.39 Å². The summed E-state index contributed by atoms with van der Waals surface area (Å²) in [5.74, 6) is -3.59. The lowest BCUT2D eigenvalue weighted by Gasteiger charge is -2.53. The average Bonchev–Trinajstić information content (AvgIpc) is 3.91. The first-order valence-electron chi connectivity index (χ1n) is 17.3. The van der Waals surface area contributed by atoms with Crippen molar-refractivity contribution in [2.24, 2.45) is 5.41 Å². The van der Waals surface area contributed by atoms with Crippen LogP contribution in [0.1, 0.15) is 48.8 Å². The highest BCUT2D eigenvalue weighted by atomic mass is 32.1. The molecule has 3 amide bonds. The second-order valence-electron chi connectivity index (χ2n) is 13.6. The number of amides is 3. The lowest BCUT2D eigenvalue weighted by molar-refractivity contribution is -0.000491. The van der Waals surface area contributed by atoms with Crippen molar-refractivity contribution in [1.29, 1.82) is 0 Å². The predicted molar refractivity (Wildman–Crippen MR) is 206 cm³/mol. The number of carbonyl (C=O) groups is 3. The number of anilines is 4. The smallest absolute Gasteiger partial charge is 0.265 e. The topological polar surface area (TPSA) is 104 Å². The molecular formula is C39H30F3N5O4S3. The number of para-hydroxylation sites is 1. The fourth-order valence-corrected chi connectivity index (χ4v) is 10.4. The van der Waals surface area contributed by atoms with Crippen LogP contribution in [0.25, 0.3) is 20.0 Å². The lowest BCUT2D eigenvalue weighted by atomic mass is 9.73. The van der Waals surface area contributed by atoms with Crippen LogP contribution >= 0.6 is 34.0 Å². The minimum atomic E-state index is -0.882. The van der Waals surface area contributed by atoms with Crippen LogP contribution in [-0.2, 0) is 11.2 Å². The summed E-state index contributed by atoms with van der Waals surface area (Å²) in [6.07, 6.45) is 2.29. The molecular weight excluding hydrogens is 756 g/mol. The highest BCUT2D eigenvalue weighted by Crippen LogP contribution is 2.46. The maximum absolute atomic E-state index is 15.8. The van der Waals surface area contributed by atoms with Crippen LogP contribution in [0.15, 0.2) is 71.4 Å². The minimum Gasteiger partial charge on any atom is -0.381 e. The molecule has 15 heteroatoms. The Kier molecular flexibility index (Phi) is 8.76. The third-order valence-electron chi connectivity index (χ3n) is 10.2. The summed E-state index contributed by atoms with van der Waals surface area (Å²) < 4.78 is 50.7. The Labute approximate surface area is 319 Å². The van der Waals surface area contributed by atoms with E-state index in [1.54, 1.807) is 12.1 Å².